The summed E-state index contributed by atoms with van der Waals surface area (Å²) in [7, 11) is 0. The number of hydrogen-bond donors (Lipinski definition) is 1. The topological polar surface area (TPSA) is 82.2 Å². The van der Waals surface area contributed by atoms with Crippen molar-refractivity contribution in [2.45, 2.75) is 33.9 Å². The quantitative estimate of drug-likeness (QED) is 0.429. The van der Waals surface area contributed by atoms with Gasteiger partial charge in [0.25, 0.3) is 5.91 Å². The summed E-state index contributed by atoms with van der Waals surface area (Å²) in [6, 6.07) is 12.4. The van der Waals surface area contributed by atoms with Gasteiger partial charge in [0.1, 0.15) is 18.2 Å². The molecule has 4 rings (SSSR count). The van der Waals surface area contributed by atoms with E-state index in [4.69, 9.17) is 9.26 Å². The van der Waals surface area contributed by atoms with Crippen molar-refractivity contribution in [3.8, 4) is 5.75 Å². The lowest BCUT2D eigenvalue weighted by molar-refractivity contribution is 0.101. The first-order chi connectivity index (χ1) is 15.8. The van der Waals surface area contributed by atoms with Crippen LogP contribution in [0.25, 0.3) is 0 Å². The first kappa shape index (κ1) is 22.2. The fraction of sp³-hybridized carbons (Fsp3) is 0.208. The number of carbonyl (C=O) groups is 1. The predicted molar refractivity (Wildman–Crippen MR) is 117 cm³/mol. The fourth-order valence-electron chi connectivity index (χ4n) is 3.43. The minimum Gasteiger partial charge on any atom is -0.486 e. The summed E-state index contributed by atoms with van der Waals surface area (Å²) in [5.74, 6) is -1.81. The van der Waals surface area contributed by atoms with Gasteiger partial charge in [-0.25, -0.2) is 8.78 Å². The number of aryl methyl sites for hydroxylation is 3. The summed E-state index contributed by atoms with van der Waals surface area (Å²) in [4.78, 5) is 12.9. The Morgan fingerprint density at radius 2 is 1.94 bits per heavy atom. The maximum absolute atomic E-state index is 13.9. The van der Waals surface area contributed by atoms with Gasteiger partial charge in [-0.15, -0.1) is 0 Å². The zero-order valence-corrected chi connectivity index (χ0v) is 18.4. The molecule has 0 fully saturated rings. The Morgan fingerprint density at radius 3 is 2.67 bits per heavy atom. The van der Waals surface area contributed by atoms with Gasteiger partial charge >= 0.3 is 0 Å². The summed E-state index contributed by atoms with van der Waals surface area (Å²) >= 11 is 0. The van der Waals surface area contributed by atoms with Gasteiger partial charge in [-0.1, -0.05) is 17.3 Å². The Hall–Kier alpha value is -4.01. The molecule has 0 unspecified atom stereocenters. The average molecular weight is 452 g/mol. The minimum atomic E-state index is -0.838. The van der Waals surface area contributed by atoms with Crippen molar-refractivity contribution in [2.24, 2.45) is 0 Å². The van der Waals surface area contributed by atoms with Crippen molar-refractivity contribution in [1.29, 1.82) is 0 Å². The number of nitrogens with zero attached hydrogens (tertiary/aromatic N) is 3. The lowest BCUT2D eigenvalue weighted by Crippen LogP contribution is -2.16. The number of rotatable bonds is 7. The molecule has 0 aliphatic heterocycles. The second kappa shape index (κ2) is 9.23. The van der Waals surface area contributed by atoms with Crippen molar-refractivity contribution < 1.29 is 22.8 Å². The van der Waals surface area contributed by atoms with Gasteiger partial charge in [0.05, 0.1) is 17.8 Å². The molecule has 0 radical (unpaired) electrons. The highest BCUT2D eigenvalue weighted by atomic mass is 19.1. The molecular formula is C24H22F2N4O3. The molecule has 0 bridgehead atoms. The zero-order chi connectivity index (χ0) is 23.5. The summed E-state index contributed by atoms with van der Waals surface area (Å²) in [6.45, 7) is 5.94. The standard InChI is InChI=1S/C24H22F2N4O3/c1-14-9-15(2)30(28-14)12-17-5-4-6-19(10-17)27-24(31)23-20(16(3)33-29-23)13-32-22-8-7-18(25)11-21(22)26/h4-11H,12-13H2,1-3H3,(H,27,31). The number of carbonyl (C=O) groups excluding carboxylic acids is 1. The third kappa shape index (κ3) is 5.08. The number of anilines is 1. The van der Waals surface area contributed by atoms with Crippen LogP contribution in [0.5, 0.6) is 5.75 Å². The molecule has 7 nitrogen and oxygen atoms in total. The number of nitrogens with one attached hydrogen (secondary N) is 1. The molecule has 2 heterocycles. The van der Waals surface area contributed by atoms with Crippen LogP contribution < -0.4 is 10.1 Å². The Labute approximate surface area is 189 Å². The third-order valence-electron chi connectivity index (χ3n) is 5.09. The SMILES string of the molecule is Cc1cc(C)n(Cc2cccc(NC(=O)c3noc(C)c3COc3ccc(F)cc3F)c2)n1. The van der Waals surface area contributed by atoms with E-state index in [0.29, 0.717) is 23.6 Å². The third-order valence-corrected chi connectivity index (χ3v) is 5.09. The molecule has 0 saturated heterocycles. The highest BCUT2D eigenvalue weighted by Crippen LogP contribution is 2.22. The largest absolute Gasteiger partial charge is 0.486 e. The van der Waals surface area contributed by atoms with E-state index in [9.17, 15) is 13.6 Å². The molecule has 0 saturated carbocycles. The molecular weight excluding hydrogens is 430 g/mol. The smallest absolute Gasteiger partial charge is 0.278 e. The molecule has 0 spiro atoms. The Balaban J connectivity index is 1.47. The summed E-state index contributed by atoms with van der Waals surface area (Å²) in [5.41, 5.74) is 3.92. The van der Waals surface area contributed by atoms with Gasteiger partial charge in [0, 0.05) is 17.4 Å². The molecule has 0 aliphatic carbocycles. The predicted octanol–water partition coefficient (Wildman–Crippen LogP) is 4.95. The molecule has 33 heavy (non-hydrogen) atoms. The van der Waals surface area contributed by atoms with E-state index in [0.717, 1.165) is 29.1 Å². The van der Waals surface area contributed by atoms with Crippen LogP contribution in [0.15, 0.2) is 53.1 Å². The van der Waals surface area contributed by atoms with Crippen molar-refractivity contribution in [3.63, 3.8) is 0 Å². The van der Waals surface area contributed by atoms with Crippen molar-refractivity contribution >= 4 is 11.6 Å². The number of ether oxygens (including phenoxy) is 1. The van der Waals surface area contributed by atoms with Crippen molar-refractivity contribution in [1.82, 2.24) is 14.9 Å². The van der Waals surface area contributed by atoms with E-state index in [2.05, 4.69) is 15.6 Å². The molecule has 4 aromatic rings. The van der Waals surface area contributed by atoms with Gasteiger partial charge in [-0.3, -0.25) is 9.48 Å². The Kier molecular flexibility index (Phi) is 6.21. The molecule has 1 N–H and O–H groups in total. The van der Waals surface area contributed by atoms with Crippen LogP contribution in [0.2, 0.25) is 0 Å². The fourth-order valence-corrected chi connectivity index (χ4v) is 3.43. The molecule has 2 aromatic carbocycles. The average Bonchev–Trinajstić information content (AvgIpc) is 3.28. The van der Waals surface area contributed by atoms with Crippen LogP contribution in [0.1, 0.15) is 38.8 Å². The summed E-state index contributed by atoms with van der Waals surface area (Å²) in [5, 5.41) is 11.1. The van der Waals surface area contributed by atoms with E-state index in [1.54, 1.807) is 13.0 Å². The molecule has 9 heteroatoms. The summed E-state index contributed by atoms with van der Waals surface area (Å²) < 4.78 is 39.4. The van der Waals surface area contributed by atoms with Crippen molar-refractivity contribution in [2.75, 3.05) is 5.32 Å². The number of benzene rings is 2. The monoisotopic (exact) mass is 452 g/mol. The second-order valence-electron chi connectivity index (χ2n) is 7.67. The van der Waals surface area contributed by atoms with E-state index in [1.807, 2.05) is 42.8 Å². The van der Waals surface area contributed by atoms with Gasteiger partial charge in [0.2, 0.25) is 0 Å². The summed E-state index contributed by atoms with van der Waals surface area (Å²) in [6.07, 6.45) is 0. The Bertz CT molecular complexity index is 1310. The van der Waals surface area contributed by atoms with E-state index in [-0.39, 0.29) is 18.1 Å². The zero-order valence-electron chi connectivity index (χ0n) is 18.4. The maximum Gasteiger partial charge on any atom is 0.278 e. The number of amides is 1. The maximum atomic E-state index is 13.9. The van der Waals surface area contributed by atoms with Gasteiger partial charge in [-0.05, 0) is 56.7 Å². The van der Waals surface area contributed by atoms with Gasteiger partial charge in [-0.2, -0.15) is 5.10 Å². The highest BCUT2D eigenvalue weighted by Gasteiger charge is 2.21. The Morgan fingerprint density at radius 1 is 1.12 bits per heavy atom. The lowest BCUT2D eigenvalue weighted by atomic mass is 10.1. The van der Waals surface area contributed by atoms with Crippen LogP contribution in [0, 0.1) is 32.4 Å². The van der Waals surface area contributed by atoms with E-state index in [1.165, 1.54) is 6.07 Å². The van der Waals surface area contributed by atoms with Crippen LogP contribution in [0.4, 0.5) is 14.5 Å². The minimum absolute atomic E-state index is 0.0268. The van der Waals surface area contributed by atoms with Crippen LogP contribution >= 0.6 is 0 Å². The molecule has 0 aliphatic rings. The second-order valence-corrected chi connectivity index (χ2v) is 7.67. The molecule has 0 atom stereocenters. The number of aromatic nitrogens is 3. The highest BCUT2D eigenvalue weighted by molar-refractivity contribution is 6.03. The normalized spacial score (nSPS) is 10.9. The number of hydrogen-bond acceptors (Lipinski definition) is 5. The van der Waals surface area contributed by atoms with Gasteiger partial charge in [0.15, 0.2) is 17.3 Å². The molecule has 2 aromatic heterocycles. The molecule has 170 valence electrons. The number of halogens is 2. The lowest BCUT2D eigenvalue weighted by Gasteiger charge is -2.10. The van der Waals surface area contributed by atoms with Crippen LogP contribution in [-0.2, 0) is 13.2 Å². The molecule has 1 amide bonds. The van der Waals surface area contributed by atoms with Gasteiger partial charge < -0.3 is 14.6 Å². The van der Waals surface area contributed by atoms with Crippen molar-refractivity contribution in [3.05, 3.63) is 94.1 Å². The van der Waals surface area contributed by atoms with Crippen LogP contribution in [0.3, 0.4) is 0 Å². The van der Waals surface area contributed by atoms with E-state index < -0.39 is 17.5 Å². The van der Waals surface area contributed by atoms with E-state index >= 15 is 0 Å². The first-order valence-electron chi connectivity index (χ1n) is 10.2. The first-order valence-corrected chi connectivity index (χ1v) is 10.2. The van der Waals surface area contributed by atoms with Crippen LogP contribution in [-0.4, -0.2) is 20.8 Å².